The average molecular weight is 438 g/mol. The topological polar surface area (TPSA) is 102 Å². The zero-order valence-corrected chi connectivity index (χ0v) is 18.5. The van der Waals surface area contributed by atoms with E-state index in [1.165, 1.54) is 12.3 Å². The predicted octanol–water partition coefficient (Wildman–Crippen LogP) is 3.19. The molecule has 168 valence electrons. The number of piperidine rings is 1. The molecule has 0 spiro atoms. The van der Waals surface area contributed by atoms with Crippen molar-refractivity contribution in [2.24, 2.45) is 15.9 Å². The molecule has 0 radical (unpaired) electrons. The van der Waals surface area contributed by atoms with E-state index in [9.17, 15) is 4.39 Å². The van der Waals surface area contributed by atoms with Crippen LogP contribution in [0.1, 0.15) is 49.7 Å². The molecule has 1 aliphatic rings. The smallest absolute Gasteiger partial charge is 0.200 e. The summed E-state index contributed by atoms with van der Waals surface area (Å²) in [6.07, 6.45) is 4.54. The predicted molar refractivity (Wildman–Crippen MR) is 123 cm³/mol. The highest BCUT2D eigenvalue weighted by molar-refractivity contribution is 6.47. The summed E-state index contributed by atoms with van der Waals surface area (Å²) < 4.78 is 21.4. The fraction of sp³-hybridized carbons (Fsp3) is 0.391. The van der Waals surface area contributed by atoms with E-state index >= 15 is 0 Å². The van der Waals surface area contributed by atoms with Crippen molar-refractivity contribution < 1.29 is 9.13 Å². The molecule has 0 saturated carbocycles. The average Bonchev–Trinajstić information content (AvgIpc) is 3.16. The Hall–Kier alpha value is -3.33. The Morgan fingerprint density at radius 3 is 2.72 bits per heavy atom. The third-order valence-electron chi connectivity index (χ3n) is 5.64. The molecule has 0 aliphatic carbocycles. The summed E-state index contributed by atoms with van der Waals surface area (Å²) in [6, 6.07) is 7.05. The molecule has 1 aliphatic heterocycles. The van der Waals surface area contributed by atoms with Crippen LogP contribution in [0, 0.1) is 12.7 Å². The van der Waals surface area contributed by atoms with Crippen molar-refractivity contribution in [2.45, 2.75) is 45.8 Å². The second-order valence-corrected chi connectivity index (χ2v) is 8.01. The third kappa shape index (κ3) is 4.62. The molecule has 0 amide bonds. The number of nitrogens with one attached hydrogen (secondary N) is 1. The van der Waals surface area contributed by atoms with Crippen molar-refractivity contribution >= 4 is 17.1 Å². The van der Waals surface area contributed by atoms with Gasteiger partial charge in [-0.2, -0.15) is 5.10 Å². The third-order valence-corrected chi connectivity index (χ3v) is 5.64. The number of ether oxygens (including phenoxy) is 1. The summed E-state index contributed by atoms with van der Waals surface area (Å²) in [4.78, 5) is 13.5. The van der Waals surface area contributed by atoms with Crippen molar-refractivity contribution in [1.29, 1.82) is 0 Å². The van der Waals surface area contributed by atoms with Gasteiger partial charge in [0.2, 0.25) is 5.88 Å². The first-order valence-electron chi connectivity index (χ1n) is 10.8. The van der Waals surface area contributed by atoms with Crippen LogP contribution in [0.5, 0.6) is 5.88 Å². The molecular weight excluding hydrogens is 409 g/mol. The van der Waals surface area contributed by atoms with E-state index in [1.54, 1.807) is 12.3 Å². The number of hydrogen-bond acceptors (Lipinski definition) is 7. The molecule has 0 bridgehead atoms. The molecule has 3 aromatic rings. The van der Waals surface area contributed by atoms with Gasteiger partial charge < -0.3 is 15.9 Å². The molecule has 9 heteroatoms. The number of nitrogens with zero attached hydrogens (tertiary/aromatic N) is 5. The molecule has 3 N–H and O–H groups in total. The zero-order chi connectivity index (χ0) is 22.7. The number of aliphatic imine (C=N–C) groups is 1. The Balaban J connectivity index is 1.69. The van der Waals surface area contributed by atoms with Crippen molar-refractivity contribution in [1.82, 2.24) is 19.7 Å². The lowest BCUT2D eigenvalue weighted by Gasteiger charge is -2.20. The molecule has 1 unspecified atom stereocenters. The second-order valence-electron chi connectivity index (χ2n) is 8.01. The highest BCUT2D eigenvalue weighted by Gasteiger charge is 2.19. The SMILES string of the molecule is CC(=NC1CCNCC1)/C(=N\N)c1cc(OC(C)c2ccc(F)cn2)n2c(C)cnc2c1. The number of aryl methyl sites for hydroxylation is 1. The standard InChI is InChI=1S/C23H28FN7O/c1-14-12-28-21-10-17(23(30-25)15(2)29-19-6-8-26-9-7-19)11-22(31(14)21)32-16(3)20-5-4-18(24)13-27-20/h4-5,10-13,16,19,26H,6-9,25H2,1-3H3/b29-15?,30-23+. The number of nitrogens with two attached hydrogens (primary N) is 1. The van der Waals surface area contributed by atoms with E-state index in [4.69, 9.17) is 15.6 Å². The number of fused-ring (bicyclic) bond motifs is 1. The van der Waals surface area contributed by atoms with Crippen LogP contribution in [0.2, 0.25) is 0 Å². The van der Waals surface area contributed by atoms with Gasteiger partial charge in [0.1, 0.15) is 23.3 Å². The Kier molecular flexibility index (Phi) is 6.45. The van der Waals surface area contributed by atoms with Crippen molar-refractivity contribution in [3.63, 3.8) is 0 Å². The Labute approximate surface area is 186 Å². The number of hydrogen-bond donors (Lipinski definition) is 2. The summed E-state index contributed by atoms with van der Waals surface area (Å²) in [5.74, 6) is 5.98. The summed E-state index contributed by atoms with van der Waals surface area (Å²) >= 11 is 0. The molecule has 1 fully saturated rings. The van der Waals surface area contributed by atoms with Crippen LogP contribution in [-0.4, -0.2) is 44.9 Å². The van der Waals surface area contributed by atoms with Gasteiger partial charge >= 0.3 is 0 Å². The second kappa shape index (κ2) is 9.44. The number of rotatable bonds is 6. The fourth-order valence-corrected chi connectivity index (χ4v) is 3.96. The first-order valence-corrected chi connectivity index (χ1v) is 10.8. The van der Waals surface area contributed by atoms with E-state index in [-0.39, 0.29) is 11.9 Å². The van der Waals surface area contributed by atoms with E-state index < -0.39 is 6.10 Å². The lowest BCUT2D eigenvalue weighted by Crippen LogP contribution is -2.31. The minimum Gasteiger partial charge on any atom is -0.469 e. The molecule has 1 atom stereocenters. The van der Waals surface area contributed by atoms with Crippen LogP contribution in [0.15, 0.2) is 46.8 Å². The van der Waals surface area contributed by atoms with Crippen molar-refractivity contribution in [3.8, 4) is 5.88 Å². The molecular formula is C23H28FN7O. The van der Waals surface area contributed by atoms with Gasteiger partial charge in [-0.3, -0.25) is 14.4 Å². The monoisotopic (exact) mass is 437 g/mol. The summed E-state index contributed by atoms with van der Waals surface area (Å²) in [5, 5.41) is 7.40. The van der Waals surface area contributed by atoms with Gasteiger partial charge in [-0.1, -0.05) is 0 Å². The fourth-order valence-electron chi connectivity index (χ4n) is 3.96. The van der Waals surface area contributed by atoms with Gasteiger partial charge in [-0.15, -0.1) is 0 Å². The highest BCUT2D eigenvalue weighted by atomic mass is 19.1. The molecule has 4 rings (SSSR count). The molecule has 8 nitrogen and oxygen atoms in total. The van der Waals surface area contributed by atoms with Gasteiger partial charge in [0.25, 0.3) is 0 Å². The number of pyridine rings is 2. The summed E-state index contributed by atoms with van der Waals surface area (Å²) in [7, 11) is 0. The molecule has 32 heavy (non-hydrogen) atoms. The van der Waals surface area contributed by atoms with Crippen LogP contribution in [-0.2, 0) is 0 Å². The Bertz CT molecular complexity index is 1150. The molecule has 3 aromatic heterocycles. The van der Waals surface area contributed by atoms with Gasteiger partial charge in [0, 0.05) is 23.5 Å². The minimum absolute atomic E-state index is 0.255. The van der Waals surface area contributed by atoms with Crippen molar-refractivity contribution in [3.05, 3.63) is 59.4 Å². The van der Waals surface area contributed by atoms with Crippen LogP contribution in [0.25, 0.3) is 5.65 Å². The number of aromatic nitrogens is 3. The minimum atomic E-state index is -0.404. The van der Waals surface area contributed by atoms with Gasteiger partial charge in [-0.25, -0.2) is 9.37 Å². The van der Waals surface area contributed by atoms with E-state index in [0.717, 1.165) is 42.9 Å². The van der Waals surface area contributed by atoms with Crippen molar-refractivity contribution in [2.75, 3.05) is 13.1 Å². The largest absolute Gasteiger partial charge is 0.469 e. The number of imidazole rings is 1. The summed E-state index contributed by atoms with van der Waals surface area (Å²) in [6.45, 7) is 7.68. The molecule has 1 saturated heterocycles. The number of halogens is 1. The van der Waals surface area contributed by atoms with E-state index in [2.05, 4.69) is 20.4 Å². The van der Waals surface area contributed by atoms with Gasteiger partial charge in [-0.05, 0) is 64.9 Å². The first-order chi connectivity index (χ1) is 15.5. The number of hydrazone groups is 1. The van der Waals surface area contributed by atoms with E-state index in [1.807, 2.05) is 37.3 Å². The molecule has 4 heterocycles. The molecule has 0 aromatic carbocycles. The first kappa shape index (κ1) is 21.9. The maximum Gasteiger partial charge on any atom is 0.200 e. The van der Waals surface area contributed by atoms with Crippen LogP contribution < -0.4 is 15.9 Å². The van der Waals surface area contributed by atoms with Gasteiger partial charge in [0.05, 0.1) is 23.6 Å². The normalized spacial score (nSPS) is 17.0. The van der Waals surface area contributed by atoms with Crippen LogP contribution >= 0.6 is 0 Å². The van der Waals surface area contributed by atoms with Gasteiger partial charge in [0.15, 0.2) is 0 Å². The Morgan fingerprint density at radius 2 is 2.03 bits per heavy atom. The maximum absolute atomic E-state index is 13.3. The maximum atomic E-state index is 13.3. The zero-order valence-electron chi connectivity index (χ0n) is 18.5. The Morgan fingerprint density at radius 1 is 1.25 bits per heavy atom. The highest BCUT2D eigenvalue weighted by Crippen LogP contribution is 2.26. The lowest BCUT2D eigenvalue weighted by molar-refractivity contribution is 0.209. The van der Waals surface area contributed by atoms with E-state index in [0.29, 0.717) is 22.9 Å². The van der Waals surface area contributed by atoms with Crippen LogP contribution in [0.4, 0.5) is 4.39 Å². The quantitative estimate of drug-likeness (QED) is 0.350. The van der Waals surface area contributed by atoms with Crippen LogP contribution in [0.3, 0.4) is 0 Å². The lowest BCUT2D eigenvalue weighted by atomic mass is 10.0. The summed E-state index contributed by atoms with van der Waals surface area (Å²) in [5.41, 5.74) is 4.42.